The molecule has 4 aromatic rings. The smallest absolute Gasteiger partial charge is 0.421 e. The first kappa shape index (κ1) is 22.3. The van der Waals surface area contributed by atoms with Gasteiger partial charge in [-0.15, -0.1) is 22.7 Å². The second-order valence-corrected chi connectivity index (χ2v) is 9.57. The Labute approximate surface area is 196 Å². The van der Waals surface area contributed by atoms with Crippen LogP contribution < -0.4 is 19.6 Å². The lowest BCUT2D eigenvalue weighted by Crippen LogP contribution is -2.52. The normalized spacial score (nSPS) is 16.6. The summed E-state index contributed by atoms with van der Waals surface area (Å²) in [4.78, 5) is 23.6. The van der Waals surface area contributed by atoms with E-state index < -0.39 is 29.7 Å². The fraction of sp³-hybridized carbons (Fsp3) is 0.190. The van der Waals surface area contributed by atoms with Gasteiger partial charge in [0, 0.05) is 33.6 Å². The Hall–Kier alpha value is -3.45. The quantitative estimate of drug-likeness (QED) is 0.383. The molecule has 0 spiro atoms. The van der Waals surface area contributed by atoms with Crippen molar-refractivity contribution in [3.8, 4) is 17.2 Å². The van der Waals surface area contributed by atoms with Crippen LogP contribution >= 0.6 is 22.7 Å². The monoisotopic (exact) mass is 510 g/mol. The highest BCUT2D eigenvalue weighted by molar-refractivity contribution is 7.18. The van der Waals surface area contributed by atoms with Crippen molar-refractivity contribution in [1.82, 2.24) is 14.9 Å². The van der Waals surface area contributed by atoms with E-state index in [1.807, 2.05) is 18.2 Å². The zero-order valence-corrected chi connectivity index (χ0v) is 18.9. The van der Waals surface area contributed by atoms with Gasteiger partial charge in [-0.1, -0.05) is 6.07 Å². The van der Waals surface area contributed by atoms with E-state index in [4.69, 9.17) is 0 Å². The van der Waals surface area contributed by atoms with Gasteiger partial charge in [0.25, 0.3) is 0 Å². The Morgan fingerprint density at radius 2 is 1.88 bits per heavy atom. The van der Waals surface area contributed by atoms with Crippen LogP contribution in [0, 0.1) is 6.92 Å². The summed E-state index contributed by atoms with van der Waals surface area (Å²) in [6, 6.07) is 8.65. The number of pyridine rings is 1. The van der Waals surface area contributed by atoms with Crippen molar-refractivity contribution in [3.63, 3.8) is 0 Å². The summed E-state index contributed by atoms with van der Waals surface area (Å²) in [5.74, 6) is -1.08. The van der Waals surface area contributed by atoms with E-state index in [0.717, 1.165) is 32.1 Å². The fourth-order valence-electron chi connectivity index (χ4n) is 3.23. The van der Waals surface area contributed by atoms with Crippen molar-refractivity contribution < 1.29 is 31.8 Å². The van der Waals surface area contributed by atoms with Crippen molar-refractivity contribution in [1.29, 1.82) is 0 Å². The molecule has 0 saturated carbocycles. The van der Waals surface area contributed by atoms with Gasteiger partial charge in [0.1, 0.15) is 4.83 Å². The third kappa shape index (κ3) is 4.12. The van der Waals surface area contributed by atoms with Crippen LogP contribution in [0.5, 0.6) is 11.5 Å². The van der Waals surface area contributed by atoms with E-state index in [2.05, 4.69) is 24.8 Å². The Balaban J connectivity index is 1.39. The van der Waals surface area contributed by atoms with Gasteiger partial charge in [-0.05, 0) is 31.2 Å². The summed E-state index contributed by atoms with van der Waals surface area (Å²) in [5, 5.41) is 3.68. The number of aryl methyl sites for hydroxylation is 1. The molecule has 1 aliphatic heterocycles. The van der Waals surface area contributed by atoms with E-state index in [-0.39, 0.29) is 17.0 Å². The molecule has 1 N–H and O–H groups in total. The Bertz CT molecular complexity index is 1450. The van der Waals surface area contributed by atoms with E-state index in [0.29, 0.717) is 0 Å². The summed E-state index contributed by atoms with van der Waals surface area (Å²) in [5.41, 5.74) is 0.273. The van der Waals surface area contributed by atoms with Crippen molar-refractivity contribution in [2.24, 2.45) is 4.99 Å². The minimum Gasteiger partial charge on any atom is -0.421 e. The highest BCUT2D eigenvalue weighted by atomic mass is 32.1. The number of amides is 2. The number of carbonyl (C=O) groups is 1. The third-order valence-corrected chi connectivity index (χ3v) is 6.70. The van der Waals surface area contributed by atoms with Crippen molar-refractivity contribution >= 4 is 38.9 Å². The summed E-state index contributed by atoms with van der Waals surface area (Å²) in [6.45, 7) is 2.02. The lowest BCUT2D eigenvalue weighted by Gasteiger charge is -2.31. The predicted molar refractivity (Wildman–Crippen MR) is 117 cm³/mol. The molecule has 0 aliphatic carbocycles. The van der Waals surface area contributed by atoms with Gasteiger partial charge < -0.3 is 14.8 Å². The molecule has 0 saturated heterocycles. The lowest BCUT2D eigenvalue weighted by molar-refractivity contribution is -0.391. The molecule has 4 heterocycles. The van der Waals surface area contributed by atoms with E-state index in [1.165, 1.54) is 33.3 Å². The molecular formula is C21H14F4N4O3S2. The second-order valence-electron chi connectivity index (χ2n) is 7.24. The van der Waals surface area contributed by atoms with Crippen LogP contribution in [-0.4, -0.2) is 27.8 Å². The van der Waals surface area contributed by atoms with Crippen LogP contribution in [-0.2, 0) is 6.54 Å². The van der Waals surface area contributed by atoms with Crippen LogP contribution in [0.15, 0.2) is 53.8 Å². The molecule has 13 heteroatoms. The molecule has 0 atom stereocenters. The number of aromatic nitrogens is 2. The second kappa shape index (κ2) is 8.09. The van der Waals surface area contributed by atoms with Crippen LogP contribution in [0.25, 0.3) is 15.9 Å². The van der Waals surface area contributed by atoms with E-state index in [9.17, 15) is 22.4 Å². The van der Waals surface area contributed by atoms with Gasteiger partial charge in [-0.2, -0.15) is 22.6 Å². The molecule has 0 unspecified atom stereocenters. The number of rotatable bonds is 3. The number of thiophene rings is 1. The third-order valence-electron chi connectivity index (χ3n) is 4.75. The summed E-state index contributed by atoms with van der Waals surface area (Å²) < 4.78 is 63.7. The molecule has 0 radical (unpaired) electrons. The number of hydrogen-bond donors (Lipinski definition) is 1. The number of thiazole rings is 1. The molecule has 0 fully saturated rings. The van der Waals surface area contributed by atoms with Gasteiger partial charge in [0.2, 0.25) is 0 Å². The molecule has 7 nitrogen and oxygen atoms in total. The molecular weight excluding hydrogens is 496 g/mol. The number of ether oxygens (including phenoxy) is 2. The first-order valence-electron chi connectivity index (χ1n) is 9.74. The maximum Gasteiger partial charge on any atom is 0.507 e. The molecule has 5 rings (SSSR count). The predicted octanol–water partition coefficient (Wildman–Crippen LogP) is 5.22. The highest BCUT2D eigenvalue weighted by Crippen LogP contribution is 2.47. The Kier molecular flexibility index (Phi) is 5.32. The highest BCUT2D eigenvalue weighted by Gasteiger charge is 2.65. The van der Waals surface area contributed by atoms with Gasteiger partial charge in [-0.3, -0.25) is 4.57 Å². The van der Waals surface area contributed by atoms with Gasteiger partial charge >= 0.3 is 18.2 Å². The standard InChI is InChI=1S/C21H14F4N4O3S2/c1-11-10-29(13-4-5-15-16(8-13)32-21(24,25)20(22,23)31-15)19(33-11)28-18(30)27-9-14-7-12-3-2-6-26-17(12)34-14/h2-8,10H,9H2,1H3,(H,27,30). The maximum atomic E-state index is 13.6. The molecule has 34 heavy (non-hydrogen) atoms. The number of alkyl halides is 4. The van der Waals surface area contributed by atoms with Crippen LogP contribution in [0.4, 0.5) is 22.4 Å². The number of urea groups is 1. The zero-order valence-electron chi connectivity index (χ0n) is 17.2. The number of hydrogen-bond acceptors (Lipinski definition) is 6. The topological polar surface area (TPSA) is 77.7 Å². The Morgan fingerprint density at radius 1 is 1.12 bits per heavy atom. The van der Waals surface area contributed by atoms with E-state index in [1.54, 1.807) is 19.3 Å². The average molecular weight is 510 g/mol. The summed E-state index contributed by atoms with van der Waals surface area (Å²) >= 11 is 2.64. The van der Waals surface area contributed by atoms with Gasteiger partial charge in [-0.25, -0.2) is 9.78 Å². The largest absolute Gasteiger partial charge is 0.507 e. The van der Waals surface area contributed by atoms with Crippen LogP contribution in [0.3, 0.4) is 0 Å². The molecule has 3 aromatic heterocycles. The van der Waals surface area contributed by atoms with Crippen LogP contribution in [0.1, 0.15) is 9.75 Å². The molecule has 0 bridgehead atoms. The number of nitrogens with zero attached hydrogens (tertiary/aromatic N) is 3. The minimum atomic E-state index is -4.83. The number of benzene rings is 1. The van der Waals surface area contributed by atoms with Crippen molar-refractivity contribution in [2.45, 2.75) is 25.7 Å². The van der Waals surface area contributed by atoms with E-state index >= 15 is 0 Å². The molecule has 1 aliphatic rings. The van der Waals surface area contributed by atoms with Crippen molar-refractivity contribution in [2.75, 3.05) is 0 Å². The van der Waals surface area contributed by atoms with Gasteiger partial charge in [0.15, 0.2) is 16.3 Å². The summed E-state index contributed by atoms with van der Waals surface area (Å²) in [7, 11) is 0. The van der Waals surface area contributed by atoms with Gasteiger partial charge in [0.05, 0.1) is 12.2 Å². The number of carbonyl (C=O) groups excluding carboxylic acids is 1. The first-order chi connectivity index (χ1) is 16.1. The molecule has 1 aromatic carbocycles. The lowest BCUT2D eigenvalue weighted by atomic mass is 10.2. The first-order valence-corrected chi connectivity index (χ1v) is 11.4. The molecule has 2 amide bonds. The maximum absolute atomic E-state index is 13.6. The summed E-state index contributed by atoms with van der Waals surface area (Å²) in [6.07, 6.45) is -6.30. The number of fused-ring (bicyclic) bond motifs is 2. The van der Waals surface area contributed by atoms with Crippen LogP contribution in [0.2, 0.25) is 0 Å². The number of nitrogens with one attached hydrogen (secondary N) is 1. The SMILES string of the molecule is Cc1cn(-c2ccc3c(c2)OC(F)(F)C(F)(F)O3)c(=NC(=O)NCc2cc3cccnc3s2)s1. The molecule has 176 valence electrons. The van der Waals surface area contributed by atoms with Crippen molar-refractivity contribution in [3.05, 3.63) is 63.3 Å². The number of halogens is 4. The Morgan fingerprint density at radius 3 is 2.65 bits per heavy atom. The fourth-order valence-corrected chi connectivity index (χ4v) is 4.99. The average Bonchev–Trinajstić information content (AvgIpc) is 3.35. The zero-order chi connectivity index (χ0) is 24.1. The minimum absolute atomic E-state index is 0.251.